The van der Waals surface area contributed by atoms with E-state index in [1.807, 2.05) is 24.5 Å². The van der Waals surface area contributed by atoms with Crippen molar-refractivity contribution in [3.05, 3.63) is 36.7 Å². The lowest BCUT2D eigenvalue weighted by molar-refractivity contribution is -0.146. The van der Waals surface area contributed by atoms with E-state index in [-0.39, 0.29) is 18.5 Å². The molecule has 148 valence electrons. The van der Waals surface area contributed by atoms with Crippen LogP contribution in [0, 0.1) is 0 Å². The normalized spacial score (nSPS) is 21.7. The maximum atomic E-state index is 12.9. The molecular formula is C21H26N4O3. The van der Waals surface area contributed by atoms with Crippen molar-refractivity contribution in [2.24, 2.45) is 0 Å². The first-order valence-corrected chi connectivity index (χ1v) is 9.96. The second-order valence-electron chi connectivity index (χ2n) is 7.57. The predicted molar refractivity (Wildman–Crippen MR) is 107 cm³/mol. The van der Waals surface area contributed by atoms with E-state index < -0.39 is 5.97 Å². The molecule has 0 radical (unpaired) electrons. The molecule has 1 atom stereocenters. The van der Waals surface area contributed by atoms with Crippen LogP contribution in [0.25, 0.3) is 10.8 Å². The number of carboxylic acid groups (broad SMARTS) is 1. The second kappa shape index (κ2) is 8.14. The minimum absolute atomic E-state index is 0.0276. The van der Waals surface area contributed by atoms with E-state index in [0.717, 1.165) is 56.5 Å². The van der Waals surface area contributed by atoms with Crippen molar-refractivity contribution < 1.29 is 14.7 Å². The maximum Gasteiger partial charge on any atom is 0.323 e. The molecule has 1 aromatic carbocycles. The minimum Gasteiger partial charge on any atom is -0.480 e. The van der Waals surface area contributed by atoms with Gasteiger partial charge in [0, 0.05) is 49.7 Å². The van der Waals surface area contributed by atoms with Crippen LogP contribution in [-0.2, 0) is 9.59 Å². The smallest absolute Gasteiger partial charge is 0.323 e. The fraction of sp³-hybridized carbons (Fsp3) is 0.476. The monoisotopic (exact) mass is 382 g/mol. The Balaban J connectivity index is 1.46. The first-order chi connectivity index (χ1) is 13.6. The van der Waals surface area contributed by atoms with Gasteiger partial charge in [-0.2, -0.15) is 0 Å². The van der Waals surface area contributed by atoms with Gasteiger partial charge in [-0.25, -0.2) is 0 Å². The highest BCUT2D eigenvalue weighted by Crippen LogP contribution is 2.27. The Kier molecular flexibility index (Phi) is 5.43. The van der Waals surface area contributed by atoms with Crippen LogP contribution in [0.3, 0.4) is 0 Å². The Morgan fingerprint density at radius 1 is 1.07 bits per heavy atom. The number of anilines is 1. The molecular weight excluding hydrogens is 356 g/mol. The molecule has 0 bridgehead atoms. The molecule has 2 aromatic rings. The number of amides is 1. The molecule has 1 unspecified atom stereocenters. The number of nitrogens with zero attached hydrogens (tertiary/aromatic N) is 4. The number of hydrogen-bond donors (Lipinski definition) is 1. The summed E-state index contributed by atoms with van der Waals surface area (Å²) >= 11 is 0. The van der Waals surface area contributed by atoms with Gasteiger partial charge in [0.25, 0.3) is 0 Å². The number of piperazine rings is 1. The zero-order chi connectivity index (χ0) is 19.5. The number of fused-ring (bicyclic) bond motifs is 1. The van der Waals surface area contributed by atoms with Crippen LogP contribution < -0.4 is 4.90 Å². The summed E-state index contributed by atoms with van der Waals surface area (Å²) in [6.45, 7) is 3.60. The SMILES string of the molecule is O=C(O)CN1CCCCC(N2CCN(c3cncc4ccccc34)CC2)C1=O. The van der Waals surface area contributed by atoms with Gasteiger partial charge in [0.15, 0.2) is 0 Å². The molecule has 1 aromatic heterocycles. The van der Waals surface area contributed by atoms with Crippen LogP contribution in [-0.4, -0.2) is 77.1 Å². The summed E-state index contributed by atoms with van der Waals surface area (Å²) in [5.41, 5.74) is 1.14. The Morgan fingerprint density at radius 2 is 1.86 bits per heavy atom. The topological polar surface area (TPSA) is 77.0 Å². The lowest BCUT2D eigenvalue weighted by Gasteiger charge is -2.40. The first-order valence-electron chi connectivity index (χ1n) is 9.96. The Labute approximate surface area is 164 Å². The number of carbonyl (C=O) groups is 2. The number of benzene rings is 1. The first kappa shape index (κ1) is 18.7. The number of carbonyl (C=O) groups excluding carboxylic acids is 1. The molecule has 2 saturated heterocycles. The van der Waals surface area contributed by atoms with Crippen molar-refractivity contribution >= 4 is 28.3 Å². The molecule has 3 heterocycles. The molecule has 2 aliphatic rings. The largest absolute Gasteiger partial charge is 0.480 e. The molecule has 28 heavy (non-hydrogen) atoms. The fourth-order valence-electron chi connectivity index (χ4n) is 4.37. The number of aliphatic carboxylic acids is 1. The third-order valence-electron chi connectivity index (χ3n) is 5.82. The molecule has 0 spiro atoms. The van der Waals surface area contributed by atoms with Gasteiger partial charge in [0.05, 0.1) is 17.9 Å². The zero-order valence-electron chi connectivity index (χ0n) is 16.0. The molecule has 2 aliphatic heterocycles. The predicted octanol–water partition coefficient (Wildman–Crippen LogP) is 1.82. The van der Waals surface area contributed by atoms with Crippen LogP contribution in [0.2, 0.25) is 0 Å². The molecule has 0 aliphatic carbocycles. The van der Waals surface area contributed by atoms with E-state index >= 15 is 0 Å². The van der Waals surface area contributed by atoms with Crippen LogP contribution in [0.4, 0.5) is 5.69 Å². The number of likely N-dealkylation sites (tertiary alicyclic amines) is 1. The van der Waals surface area contributed by atoms with E-state index in [1.165, 1.54) is 10.3 Å². The third kappa shape index (κ3) is 3.80. The number of hydrogen-bond acceptors (Lipinski definition) is 5. The molecule has 1 amide bonds. The number of pyridine rings is 1. The highest BCUT2D eigenvalue weighted by atomic mass is 16.4. The summed E-state index contributed by atoms with van der Waals surface area (Å²) in [4.78, 5) is 34.5. The quantitative estimate of drug-likeness (QED) is 0.869. The lowest BCUT2D eigenvalue weighted by atomic mass is 10.1. The van der Waals surface area contributed by atoms with E-state index in [4.69, 9.17) is 5.11 Å². The van der Waals surface area contributed by atoms with Crippen molar-refractivity contribution in [3.8, 4) is 0 Å². The molecule has 2 fully saturated rings. The molecule has 7 heteroatoms. The van der Waals surface area contributed by atoms with Gasteiger partial charge in [-0.15, -0.1) is 0 Å². The van der Waals surface area contributed by atoms with Gasteiger partial charge in [-0.05, 0) is 19.3 Å². The van der Waals surface area contributed by atoms with Crippen molar-refractivity contribution in [1.82, 2.24) is 14.8 Å². The third-order valence-corrected chi connectivity index (χ3v) is 5.82. The summed E-state index contributed by atoms with van der Waals surface area (Å²) < 4.78 is 0. The van der Waals surface area contributed by atoms with Crippen molar-refractivity contribution in [1.29, 1.82) is 0 Å². The lowest BCUT2D eigenvalue weighted by Crippen LogP contribution is -2.55. The van der Waals surface area contributed by atoms with Crippen molar-refractivity contribution in [3.63, 3.8) is 0 Å². The average molecular weight is 382 g/mol. The number of rotatable bonds is 4. The Bertz CT molecular complexity index is 858. The van der Waals surface area contributed by atoms with Gasteiger partial charge in [-0.3, -0.25) is 19.5 Å². The van der Waals surface area contributed by atoms with Crippen LogP contribution in [0.15, 0.2) is 36.7 Å². The summed E-state index contributed by atoms with van der Waals surface area (Å²) in [5.74, 6) is -0.970. The standard InChI is InChI=1S/C21H26N4O3/c26-20(27)15-25-8-4-3-7-18(21(25)28)23-9-11-24(12-10-23)19-14-22-13-16-5-1-2-6-17(16)19/h1-2,5-6,13-14,18H,3-4,7-12,15H2,(H,26,27). The van der Waals surface area contributed by atoms with E-state index in [1.54, 1.807) is 0 Å². The average Bonchev–Trinajstić information content (AvgIpc) is 2.89. The highest BCUT2D eigenvalue weighted by Gasteiger charge is 2.34. The summed E-state index contributed by atoms with van der Waals surface area (Å²) in [5, 5.41) is 11.4. The van der Waals surface area contributed by atoms with Gasteiger partial charge < -0.3 is 14.9 Å². The Hall–Kier alpha value is -2.67. The van der Waals surface area contributed by atoms with Crippen molar-refractivity contribution in [2.45, 2.75) is 25.3 Å². The van der Waals surface area contributed by atoms with Gasteiger partial charge in [0.1, 0.15) is 6.54 Å². The summed E-state index contributed by atoms with van der Waals surface area (Å²) in [6.07, 6.45) is 6.45. The highest BCUT2D eigenvalue weighted by molar-refractivity contribution is 5.93. The summed E-state index contributed by atoms with van der Waals surface area (Å²) in [7, 11) is 0. The number of aromatic nitrogens is 1. The van der Waals surface area contributed by atoms with Gasteiger partial charge in [0.2, 0.25) is 5.91 Å². The van der Waals surface area contributed by atoms with Crippen molar-refractivity contribution in [2.75, 3.05) is 44.2 Å². The van der Waals surface area contributed by atoms with E-state index in [0.29, 0.717) is 6.54 Å². The Morgan fingerprint density at radius 3 is 2.64 bits per heavy atom. The van der Waals surface area contributed by atoms with E-state index in [9.17, 15) is 9.59 Å². The van der Waals surface area contributed by atoms with Gasteiger partial charge >= 0.3 is 5.97 Å². The minimum atomic E-state index is -0.942. The molecule has 7 nitrogen and oxygen atoms in total. The zero-order valence-corrected chi connectivity index (χ0v) is 16.0. The van der Waals surface area contributed by atoms with Crippen LogP contribution in [0.1, 0.15) is 19.3 Å². The van der Waals surface area contributed by atoms with Gasteiger partial charge in [-0.1, -0.05) is 24.3 Å². The fourth-order valence-corrected chi connectivity index (χ4v) is 4.37. The molecule has 0 saturated carbocycles. The van der Waals surface area contributed by atoms with Crippen LogP contribution in [0.5, 0.6) is 0 Å². The maximum absolute atomic E-state index is 12.9. The molecule has 4 rings (SSSR count). The number of carboxylic acids is 1. The molecule has 1 N–H and O–H groups in total. The van der Waals surface area contributed by atoms with E-state index in [2.05, 4.69) is 26.9 Å². The van der Waals surface area contributed by atoms with Crippen LogP contribution >= 0.6 is 0 Å². The summed E-state index contributed by atoms with van der Waals surface area (Å²) in [6, 6.07) is 8.06. The second-order valence-corrected chi connectivity index (χ2v) is 7.57.